The summed E-state index contributed by atoms with van der Waals surface area (Å²) in [5.41, 5.74) is 1.14. The Morgan fingerprint density at radius 3 is 2.65 bits per heavy atom. The molecule has 23 heavy (non-hydrogen) atoms. The van der Waals surface area contributed by atoms with Gasteiger partial charge in [0.05, 0.1) is 0 Å². The van der Waals surface area contributed by atoms with E-state index in [1.807, 2.05) is 23.9 Å². The molecule has 0 radical (unpaired) electrons. The lowest BCUT2D eigenvalue weighted by atomic mass is 9.93. The van der Waals surface area contributed by atoms with Gasteiger partial charge in [-0.15, -0.1) is 11.8 Å². The molecule has 1 unspecified atom stereocenters. The van der Waals surface area contributed by atoms with Crippen molar-refractivity contribution >= 4 is 23.4 Å². The van der Waals surface area contributed by atoms with Gasteiger partial charge in [0.1, 0.15) is 0 Å². The first-order valence-corrected chi connectivity index (χ1v) is 9.34. The third kappa shape index (κ3) is 4.28. The fraction of sp³-hybridized carbons (Fsp3) is 0.611. The van der Waals surface area contributed by atoms with Crippen LogP contribution in [0.1, 0.15) is 19.3 Å². The summed E-state index contributed by atoms with van der Waals surface area (Å²) in [7, 11) is 4.17. The summed E-state index contributed by atoms with van der Waals surface area (Å²) in [6, 6.07) is 8.20. The molecule has 126 valence electrons. The number of carbonyl (C=O) groups is 1. The van der Waals surface area contributed by atoms with Crippen LogP contribution in [0.5, 0.6) is 0 Å². The Labute approximate surface area is 143 Å². The van der Waals surface area contributed by atoms with Crippen LogP contribution in [0.4, 0.5) is 5.69 Å². The van der Waals surface area contributed by atoms with Crippen molar-refractivity contribution in [3.63, 3.8) is 0 Å². The van der Waals surface area contributed by atoms with Gasteiger partial charge in [0, 0.05) is 42.0 Å². The van der Waals surface area contributed by atoms with Crippen molar-refractivity contribution in [3.05, 3.63) is 24.3 Å². The van der Waals surface area contributed by atoms with E-state index in [2.05, 4.69) is 36.4 Å². The van der Waals surface area contributed by atoms with Gasteiger partial charge in [-0.1, -0.05) is 0 Å². The molecular formula is C18H26N2O2S. The first-order chi connectivity index (χ1) is 11.1. The minimum atomic E-state index is 0.180. The average molecular weight is 334 g/mol. The topological polar surface area (TPSA) is 41.6 Å². The summed E-state index contributed by atoms with van der Waals surface area (Å²) in [6.07, 6.45) is 3.10. The van der Waals surface area contributed by atoms with Crippen LogP contribution < -0.4 is 5.32 Å². The van der Waals surface area contributed by atoms with E-state index < -0.39 is 0 Å². The molecular weight excluding hydrogens is 308 g/mol. The summed E-state index contributed by atoms with van der Waals surface area (Å²) < 4.78 is 5.41. The number of nitrogens with zero attached hydrogens (tertiary/aromatic N) is 1. The molecule has 1 aliphatic heterocycles. The molecule has 1 N–H and O–H groups in total. The van der Waals surface area contributed by atoms with E-state index in [1.165, 1.54) is 4.90 Å². The fourth-order valence-corrected chi connectivity index (χ4v) is 4.28. The second kappa shape index (κ2) is 7.24. The molecule has 1 atom stereocenters. The molecule has 1 aromatic carbocycles. The molecule has 1 amide bonds. The zero-order chi connectivity index (χ0) is 16.3. The maximum atomic E-state index is 12.4. The smallest absolute Gasteiger partial charge is 0.228 e. The Hall–Kier alpha value is -1.04. The van der Waals surface area contributed by atoms with Crippen molar-refractivity contribution in [2.75, 3.05) is 44.9 Å². The third-order valence-electron chi connectivity index (χ3n) is 4.92. The Morgan fingerprint density at radius 1 is 1.30 bits per heavy atom. The Balaban J connectivity index is 1.48. The molecule has 0 aromatic heterocycles. The molecule has 1 heterocycles. The van der Waals surface area contributed by atoms with Gasteiger partial charge in [-0.3, -0.25) is 4.79 Å². The monoisotopic (exact) mass is 334 g/mol. The Bertz CT molecular complexity index is 538. The van der Waals surface area contributed by atoms with Gasteiger partial charge in [-0.05, 0) is 63.0 Å². The van der Waals surface area contributed by atoms with E-state index in [-0.39, 0.29) is 17.2 Å². The van der Waals surface area contributed by atoms with Gasteiger partial charge >= 0.3 is 0 Å². The highest BCUT2D eigenvalue weighted by atomic mass is 32.2. The first kappa shape index (κ1) is 16.8. The first-order valence-electron chi connectivity index (χ1n) is 8.35. The van der Waals surface area contributed by atoms with E-state index in [9.17, 15) is 4.79 Å². The lowest BCUT2D eigenvalue weighted by molar-refractivity contribution is -0.118. The lowest BCUT2D eigenvalue weighted by Crippen LogP contribution is -2.24. The van der Waals surface area contributed by atoms with Crippen LogP contribution in [0, 0.1) is 11.3 Å². The Kier molecular flexibility index (Phi) is 5.29. The highest BCUT2D eigenvalue weighted by Gasteiger charge is 2.57. The number of thioether (sulfide) groups is 1. The number of hydrogen-bond donors (Lipinski definition) is 1. The summed E-state index contributed by atoms with van der Waals surface area (Å²) in [5.74, 6) is 1.44. The quantitative estimate of drug-likeness (QED) is 0.812. The zero-order valence-corrected chi connectivity index (χ0v) is 14.8. The summed E-state index contributed by atoms with van der Waals surface area (Å²) >= 11 is 1.84. The lowest BCUT2D eigenvalue weighted by Gasteiger charge is -2.22. The number of anilines is 1. The normalized spacial score (nSPS) is 22.3. The van der Waals surface area contributed by atoms with Crippen molar-refractivity contribution in [3.8, 4) is 0 Å². The highest BCUT2D eigenvalue weighted by molar-refractivity contribution is 7.99. The van der Waals surface area contributed by atoms with E-state index >= 15 is 0 Å². The van der Waals surface area contributed by atoms with Crippen LogP contribution >= 0.6 is 11.8 Å². The summed E-state index contributed by atoms with van der Waals surface area (Å²) in [6.45, 7) is 2.68. The molecule has 2 fully saturated rings. The zero-order valence-electron chi connectivity index (χ0n) is 14.0. The summed E-state index contributed by atoms with van der Waals surface area (Å²) in [4.78, 5) is 15.8. The minimum Gasteiger partial charge on any atom is -0.381 e. The molecule has 5 heteroatoms. The van der Waals surface area contributed by atoms with Gasteiger partial charge in [-0.2, -0.15) is 0 Å². The van der Waals surface area contributed by atoms with E-state index in [0.717, 1.165) is 50.5 Å². The molecule has 0 bridgehead atoms. The highest BCUT2D eigenvalue weighted by Crippen LogP contribution is 2.59. The molecule has 1 spiro atoms. The fourth-order valence-electron chi connectivity index (χ4n) is 3.26. The maximum Gasteiger partial charge on any atom is 0.228 e. The van der Waals surface area contributed by atoms with Crippen LogP contribution in [0.2, 0.25) is 0 Å². The van der Waals surface area contributed by atoms with E-state index in [4.69, 9.17) is 4.74 Å². The largest absolute Gasteiger partial charge is 0.381 e. The van der Waals surface area contributed by atoms with Crippen molar-refractivity contribution < 1.29 is 9.53 Å². The minimum absolute atomic E-state index is 0.180. The van der Waals surface area contributed by atoms with Gasteiger partial charge < -0.3 is 15.0 Å². The third-order valence-corrected chi connectivity index (χ3v) is 5.92. The van der Waals surface area contributed by atoms with E-state index in [1.54, 1.807) is 0 Å². The second-order valence-electron chi connectivity index (χ2n) is 6.90. The SMILES string of the molecule is CN(C)CCSc1ccc(NC(=O)C2CC23CCOCC3)cc1. The second-order valence-corrected chi connectivity index (χ2v) is 8.07. The number of hydrogen-bond acceptors (Lipinski definition) is 4. The van der Waals surface area contributed by atoms with Crippen LogP contribution in [-0.4, -0.2) is 50.4 Å². The van der Waals surface area contributed by atoms with Crippen molar-refractivity contribution in [2.45, 2.75) is 24.2 Å². The van der Waals surface area contributed by atoms with Crippen LogP contribution in [0.25, 0.3) is 0 Å². The van der Waals surface area contributed by atoms with Crippen molar-refractivity contribution in [1.82, 2.24) is 4.90 Å². The van der Waals surface area contributed by atoms with Crippen LogP contribution in [0.15, 0.2) is 29.2 Å². The van der Waals surface area contributed by atoms with Gasteiger partial charge in [-0.25, -0.2) is 0 Å². The average Bonchev–Trinajstić information content (AvgIpc) is 3.23. The van der Waals surface area contributed by atoms with Crippen molar-refractivity contribution in [1.29, 1.82) is 0 Å². The summed E-state index contributed by atoms with van der Waals surface area (Å²) in [5, 5.41) is 3.08. The number of amides is 1. The number of carbonyl (C=O) groups excluding carboxylic acids is 1. The number of ether oxygens (including phenoxy) is 1. The van der Waals surface area contributed by atoms with Crippen molar-refractivity contribution in [2.24, 2.45) is 11.3 Å². The number of benzene rings is 1. The van der Waals surface area contributed by atoms with Crippen LogP contribution in [-0.2, 0) is 9.53 Å². The standard InChI is InChI=1S/C18H26N2O2S/c1-20(2)9-12-23-15-5-3-14(4-6-15)19-17(21)16-13-18(16)7-10-22-11-8-18/h3-6,16H,7-13H2,1-2H3,(H,19,21). The number of nitrogens with one attached hydrogen (secondary N) is 1. The Morgan fingerprint density at radius 2 is 2.00 bits per heavy atom. The van der Waals surface area contributed by atoms with Gasteiger partial charge in [0.2, 0.25) is 5.91 Å². The predicted molar refractivity (Wildman–Crippen MR) is 94.9 cm³/mol. The van der Waals surface area contributed by atoms with E-state index in [0.29, 0.717) is 0 Å². The molecule has 1 aromatic rings. The molecule has 1 saturated carbocycles. The predicted octanol–water partition coefficient (Wildman–Crippen LogP) is 3.10. The molecule has 1 aliphatic carbocycles. The van der Waals surface area contributed by atoms with Gasteiger partial charge in [0.15, 0.2) is 0 Å². The molecule has 4 nitrogen and oxygen atoms in total. The van der Waals surface area contributed by atoms with Gasteiger partial charge in [0.25, 0.3) is 0 Å². The molecule has 3 rings (SSSR count). The maximum absolute atomic E-state index is 12.4. The number of rotatable bonds is 6. The molecule has 1 saturated heterocycles. The van der Waals surface area contributed by atoms with Crippen LogP contribution in [0.3, 0.4) is 0 Å². The molecule has 2 aliphatic rings.